The smallest absolute Gasteiger partial charge is 0.207 e. The molecule has 0 radical (unpaired) electrons. The van der Waals surface area contributed by atoms with Crippen molar-refractivity contribution in [3.63, 3.8) is 0 Å². The monoisotopic (exact) mass is 161 g/mol. The third-order valence-corrected chi connectivity index (χ3v) is 2.40. The second kappa shape index (κ2) is 3.81. The highest BCUT2D eigenvalue weighted by Crippen LogP contribution is 2.22. The fourth-order valence-corrected chi connectivity index (χ4v) is 1.57. The lowest BCUT2D eigenvalue weighted by Gasteiger charge is -2.23. The molecule has 0 aliphatic heterocycles. The molecule has 0 saturated heterocycles. The SMILES string of the molecule is O=CNC1CCC(Cl)CC1. The maximum absolute atomic E-state index is 10.0. The lowest BCUT2D eigenvalue weighted by Crippen LogP contribution is -2.32. The molecule has 3 heteroatoms. The van der Waals surface area contributed by atoms with Crippen LogP contribution in [0, 0.1) is 0 Å². The molecule has 1 aliphatic carbocycles. The van der Waals surface area contributed by atoms with Gasteiger partial charge in [0.1, 0.15) is 0 Å². The molecule has 0 aromatic rings. The molecule has 0 heterocycles. The highest BCUT2D eigenvalue weighted by molar-refractivity contribution is 6.20. The van der Waals surface area contributed by atoms with Crippen LogP contribution in [0.1, 0.15) is 25.7 Å². The van der Waals surface area contributed by atoms with E-state index in [1.165, 1.54) is 0 Å². The Morgan fingerprint density at radius 3 is 2.40 bits per heavy atom. The molecule has 1 fully saturated rings. The van der Waals surface area contributed by atoms with Crippen molar-refractivity contribution in [2.75, 3.05) is 0 Å². The van der Waals surface area contributed by atoms with Crippen LogP contribution in [-0.2, 0) is 4.79 Å². The van der Waals surface area contributed by atoms with Crippen molar-refractivity contribution >= 4 is 18.0 Å². The Bertz CT molecular complexity index is 110. The Kier molecular flexibility index (Phi) is 3.00. The minimum absolute atomic E-state index is 0.338. The van der Waals surface area contributed by atoms with Crippen LogP contribution in [0.4, 0.5) is 0 Å². The first-order valence-electron chi connectivity index (χ1n) is 3.66. The van der Waals surface area contributed by atoms with Crippen LogP contribution in [0.3, 0.4) is 0 Å². The summed E-state index contributed by atoms with van der Waals surface area (Å²) < 4.78 is 0. The van der Waals surface area contributed by atoms with E-state index in [9.17, 15) is 4.79 Å². The Hall–Kier alpha value is -0.240. The van der Waals surface area contributed by atoms with Gasteiger partial charge in [0.15, 0.2) is 0 Å². The first-order chi connectivity index (χ1) is 4.83. The molecule has 0 unspecified atom stereocenters. The predicted octanol–water partition coefficient (Wildman–Crippen LogP) is 1.28. The minimum Gasteiger partial charge on any atom is -0.356 e. The van der Waals surface area contributed by atoms with E-state index in [0.29, 0.717) is 11.4 Å². The molecule has 0 aromatic carbocycles. The topological polar surface area (TPSA) is 29.1 Å². The summed E-state index contributed by atoms with van der Waals surface area (Å²) in [5.74, 6) is 0. The van der Waals surface area contributed by atoms with Gasteiger partial charge >= 0.3 is 0 Å². The lowest BCUT2D eigenvalue weighted by atomic mass is 9.95. The average molecular weight is 162 g/mol. The zero-order valence-corrected chi connectivity index (χ0v) is 6.60. The van der Waals surface area contributed by atoms with Crippen LogP contribution in [-0.4, -0.2) is 17.8 Å². The zero-order valence-electron chi connectivity index (χ0n) is 5.85. The lowest BCUT2D eigenvalue weighted by molar-refractivity contribution is -0.110. The van der Waals surface area contributed by atoms with Crippen molar-refractivity contribution in [3.05, 3.63) is 0 Å². The quantitative estimate of drug-likeness (QED) is 0.480. The number of halogens is 1. The largest absolute Gasteiger partial charge is 0.356 e. The molecule has 0 atom stereocenters. The van der Waals surface area contributed by atoms with Crippen molar-refractivity contribution < 1.29 is 4.79 Å². The second-order valence-electron chi connectivity index (χ2n) is 2.73. The van der Waals surface area contributed by atoms with Crippen molar-refractivity contribution in [1.82, 2.24) is 5.32 Å². The fraction of sp³-hybridized carbons (Fsp3) is 0.857. The molecule has 0 aromatic heterocycles. The van der Waals surface area contributed by atoms with E-state index in [1.807, 2.05) is 0 Å². The molecular formula is C7H12ClNO. The number of hydrogen-bond donors (Lipinski definition) is 1. The van der Waals surface area contributed by atoms with E-state index in [-0.39, 0.29) is 0 Å². The maximum Gasteiger partial charge on any atom is 0.207 e. The van der Waals surface area contributed by atoms with Crippen molar-refractivity contribution in [2.24, 2.45) is 0 Å². The van der Waals surface area contributed by atoms with Crippen molar-refractivity contribution in [2.45, 2.75) is 37.1 Å². The zero-order chi connectivity index (χ0) is 7.40. The Morgan fingerprint density at radius 2 is 1.90 bits per heavy atom. The van der Waals surface area contributed by atoms with Gasteiger partial charge in [-0.3, -0.25) is 4.79 Å². The third-order valence-electron chi connectivity index (χ3n) is 1.96. The van der Waals surface area contributed by atoms with E-state index in [2.05, 4.69) is 5.32 Å². The summed E-state index contributed by atoms with van der Waals surface area (Å²) in [6, 6.07) is 0.382. The summed E-state index contributed by atoms with van der Waals surface area (Å²) in [4.78, 5) is 10.0. The number of alkyl halides is 1. The van der Waals surface area contributed by atoms with Crippen LogP contribution in [0.25, 0.3) is 0 Å². The number of carbonyl (C=O) groups excluding carboxylic acids is 1. The van der Waals surface area contributed by atoms with Gasteiger partial charge in [-0.15, -0.1) is 11.6 Å². The first-order valence-corrected chi connectivity index (χ1v) is 4.10. The van der Waals surface area contributed by atoms with E-state index in [1.54, 1.807) is 0 Å². The Labute approximate surface area is 65.9 Å². The van der Waals surface area contributed by atoms with Crippen LogP contribution in [0.15, 0.2) is 0 Å². The standard InChI is InChI=1S/C7H12ClNO/c8-6-1-3-7(4-2-6)9-5-10/h5-7H,1-4H2,(H,9,10). The van der Waals surface area contributed by atoms with Gasteiger partial charge < -0.3 is 5.32 Å². The van der Waals surface area contributed by atoms with Gasteiger partial charge in [-0.2, -0.15) is 0 Å². The van der Waals surface area contributed by atoms with Gasteiger partial charge in [0.05, 0.1) is 0 Å². The van der Waals surface area contributed by atoms with Gasteiger partial charge in [-0.25, -0.2) is 0 Å². The van der Waals surface area contributed by atoms with E-state index < -0.39 is 0 Å². The predicted molar refractivity (Wildman–Crippen MR) is 41.1 cm³/mol. The minimum atomic E-state index is 0.338. The summed E-state index contributed by atoms with van der Waals surface area (Å²) in [5.41, 5.74) is 0. The first kappa shape index (κ1) is 7.86. The summed E-state index contributed by atoms with van der Waals surface area (Å²) in [6.07, 6.45) is 4.92. The van der Waals surface area contributed by atoms with Crippen LogP contribution < -0.4 is 5.32 Å². The Morgan fingerprint density at radius 1 is 1.30 bits per heavy atom. The van der Waals surface area contributed by atoms with E-state index in [4.69, 9.17) is 11.6 Å². The van der Waals surface area contributed by atoms with E-state index in [0.717, 1.165) is 32.1 Å². The number of carbonyl (C=O) groups is 1. The van der Waals surface area contributed by atoms with Gasteiger partial charge in [-0.1, -0.05) is 0 Å². The van der Waals surface area contributed by atoms with Gasteiger partial charge in [0.25, 0.3) is 0 Å². The molecule has 0 spiro atoms. The molecular weight excluding hydrogens is 150 g/mol. The third kappa shape index (κ3) is 2.18. The molecule has 2 nitrogen and oxygen atoms in total. The summed E-state index contributed by atoms with van der Waals surface area (Å²) >= 11 is 5.87. The summed E-state index contributed by atoms with van der Waals surface area (Å²) in [7, 11) is 0. The van der Waals surface area contributed by atoms with Gasteiger partial charge in [0.2, 0.25) is 6.41 Å². The van der Waals surface area contributed by atoms with Crippen LogP contribution in [0.5, 0.6) is 0 Å². The molecule has 0 bridgehead atoms. The normalized spacial score (nSPS) is 33.3. The molecule has 1 saturated carbocycles. The number of nitrogens with one attached hydrogen (secondary N) is 1. The average Bonchev–Trinajstić information content (AvgIpc) is 1.95. The van der Waals surface area contributed by atoms with Crippen molar-refractivity contribution in [3.8, 4) is 0 Å². The number of rotatable bonds is 2. The molecule has 1 aliphatic rings. The number of amides is 1. The van der Waals surface area contributed by atoms with Crippen molar-refractivity contribution in [1.29, 1.82) is 0 Å². The van der Waals surface area contributed by atoms with Gasteiger partial charge in [0, 0.05) is 11.4 Å². The maximum atomic E-state index is 10.0. The molecule has 1 amide bonds. The van der Waals surface area contributed by atoms with E-state index >= 15 is 0 Å². The molecule has 1 rings (SSSR count). The van der Waals surface area contributed by atoms with Crippen LogP contribution >= 0.6 is 11.6 Å². The highest BCUT2D eigenvalue weighted by Gasteiger charge is 2.17. The fourth-order valence-electron chi connectivity index (χ4n) is 1.32. The Balaban J connectivity index is 2.19. The molecule has 10 heavy (non-hydrogen) atoms. The second-order valence-corrected chi connectivity index (χ2v) is 3.35. The highest BCUT2D eigenvalue weighted by atomic mass is 35.5. The van der Waals surface area contributed by atoms with Gasteiger partial charge in [-0.05, 0) is 25.7 Å². The summed E-state index contributed by atoms with van der Waals surface area (Å²) in [6.45, 7) is 0. The number of hydrogen-bond acceptors (Lipinski definition) is 1. The summed E-state index contributed by atoms with van der Waals surface area (Å²) in [5, 5.41) is 3.10. The van der Waals surface area contributed by atoms with Crippen LogP contribution in [0.2, 0.25) is 0 Å². The molecule has 1 N–H and O–H groups in total. The molecule has 58 valence electrons.